The third kappa shape index (κ3) is 5.28. The summed E-state index contributed by atoms with van der Waals surface area (Å²) in [6, 6.07) is 22.0. The van der Waals surface area contributed by atoms with E-state index in [1.165, 1.54) is 6.92 Å². The largest absolute Gasteiger partial charge is 0.457 e. The van der Waals surface area contributed by atoms with Crippen LogP contribution in [0, 0.1) is 0 Å². The van der Waals surface area contributed by atoms with Crippen LogP contribution in [0.4, 0.5) is 0 Å². The van der Waals surface area contributed by atoms with Crippen molar-refractivity contribution in [3.05, 3.63) is 88.4 Å². The Morgan fingerprint density at radius 3 is 1.93 bits per heavy atom. The summed E-state index contributed by atoms with van der Waals surface area (Å²) in [5.74, 6) is -0.220. The molecule has 0 aliphatic carbocycles. The normalized spacial score (nSPS) is 10.3. The predicted molar refractivity (Wildman–Crippen MR) is 106 cm³/mol. The molecule has 3 aromatic carbocycles. The highest BCUT2D eigenvalue weighted by Gasteiger charge is 2.08. The van der Waals surface area contributed by atoms with Crippen LogP contribution in [0.5, 0.6) is 5.75 Å². The molecule has 0 amide bonds. The molecule has 5 heteroatoms. The quantitative estimate of drug-likeness (QED) is 0.406. The number of carbonyl (C=O) groups is 2. The second-order valence-electron chi connectivity index (χ2n) is 5.90. The molecule has 136 valence electrons. The van der Waals surface area contributed by atoms with Crippen LogP contribution in [-0.2, 0) is 16.1 Å². The first-order valence-electron chi connectivity index (χ1n) is 8.32. The minimum absolute atomic E-state index is 0.228. The Balaban J connectivity index is 1.63. The molecule has 0 heterocycles. The maximum Gasteiger partial charge on any atom is 0.338 e. The molecule has 3 rings (SSSR count). The van der Waals surface area contributed by atoms with Crippen molar-refractivity contribution >= 4 is 27.9 Å². The lowest BCUT2D eigenvalue weighted by Crippen LogP contribution is -2.05. The van der Waals surface area contributed by atoms with Crippen molar-refractivity contribution in [1.82, 2.24) is 0 Å². The maximum absolute atomic E-state index is 12.2. The average molecular weight is 425 g/mol. The highest BCUT2D eigenvalue weighted by molar-refractivity contribution is 9.10. The molecule has 0 spiro atoms. The van der Waals surface area contributed by atoms with Gasteiger partial charge in [-0.05, 0) is 53.1 Å². The van der Waals surface area contributed by atoms with E-state index in [0.717, 1.165) is 21.2 Å². The van der Waals surface area contributed by atoms with Crippen LogP contribution < -0.4 is 4.74 Å². The first kappa shape index (κ1) is 18.9. The zero-order valence-electron chi connectivity index (χ0n) is 14.6. The topological polar surface area (TPSA) is 52.6 Å². The SMILES string of the molecule is CC(=O)Oc1ccc(-c2ccc(C(=O)OCc3ccc(Br)cc3)cc2)cc1. The number of rotatable bonds is 5. The van der Waals surface area contributed by atoms with Gasteiger partial charge in [-0.15, -0.1) is 0 Å². The van der Waals surface area contributed by atoms with Crippen molar-refractivity contribution in [2.75, 3.05) is 0 Å². The van der Waals surface area contributed by atoms with E-state index in [1.54, 1.807) is 24.3 Å². The molecule has 0 unspecified atom stereocenters. The predicted octanol–water partition coefficient (Wildman–Crippen LogP) is 5.40. The Morgan fingerprint density at radius 2 is 1.37 bits per heavy atom. The van der Waals surface area contributed by atoms with Crippen LogP contribution in [0.3, 0.4) is 0 Å². The lowest BCUT2D eigenvalue weighted by atomic mass is 10.0. The number of carbonyl (C=O) groups excluding carboxylic acids is 2. The molecule has 0 saturated heterocycles. The zero-order chi connectivity index (χ0) is 19.2. The fourth-order valence-electron chi connectivity index (χ4n) is 2.49. The number of ether oxygens (including phenoxy) is 2. The average Bonchev–Trinajstić information content (AvgIpc) is 2.67. The van der Waals surface area contributed by atoms with Gasteiger partial charge in [0.1, 0.15) is 12.4 Å². The lowest BCUT2D eigenvalue weighted by molar-refractivity contribution is -0.131. The molecular formula is C22H17BrO4. The number of hydrogen-bond donors (Lipinski definition) is 0. The molecule has 0 aromatic heterocycles. The van der Waals surface area contributed by atoms with Gasteiger partial charge in [0.2, 0.25) is 0 Å². The van der Waals surface area contributed by atoms with Gasteiger partial charge in [-0.3, -0.25) is 4.79 Å². The molecule has 0 bridgehead atoms. The van der Waals surface area contributed by atoms with E-state index < -0.39 is 0 Å². The van der Waals surface area contributed by atoms with Gasteiger partial charge >= 0.3 is 11.9 Å². The number of hydrogen-bond acceptors (Lipinski definition) is 4. The summed E-state index contributed by atoms with van der Waals surface area (Å²) >= 11 is 3.37. The van der Waals surface area contributed by atoms with Crippen LogP contribution in [0.1, 0.15) is 22.8 Å². The van der Waals surface area contributed by atoms with Crippen LogP contribution in [0.2, 0.25) is 0 Å². The van der Waals surface area contributed by atoms with Gasteiger partial charge in [0.15, 0.2) is 0 Å². The van der Waals surface area contributed by atoms with Crippen molar-refractivity contribution in [3.8, 4) is 16.9 Å². The van der Waals surface area contributed by atoms with Crippen molar-refractivity contribution < 1.29 is 19.1 Å². The molecule has 0 N–H and O–H groups in total. The summed E-state index contributed by atoms with van der Waals surface area (Å²) in [6.07, 6.45) is 0. The van der Waals surface area contributed by atoms with Crippen LogP contribution in [-0.4, -0.2) is 11.9 Å². The van der Waals surface area contributed by atoms with Gasteiger partial charge in [-0.25, -0.2) is 4.79 Å². The fourth-order valence-corrected chi connectivity index (χ4v) is 2.76. The van der Waals surface area contributed by atoms with Crippen molar-refractivity contribution in [1.29, 1.82) is 0 Å². The molecule has 0 aliphatic heterocycles. The third-order valence-electron chi connectivity index (χ3n) is 3.85. The number of esters is 2. The summed E-state index contributed by atoms with van der Waals surface area (Å²) in [4.78, 5) is 23.2. The van der Waals surface area contributed by atoms with Gasteiger partial charge in [-0.1, -0.05) is 52.3 Å². The molecule has 3 aromatic rings. The first-order chi connectivity index (χ1) is 13.0. The second kappa shape index (κ2) is 8.64. The van der Waals surface area contributed by atoms with E-state index >= 15 is 0 Å². The molecule has 0 radical (unpaired) electrons. The summed E-state index contributed by atoms with van der Waals surface area (Å²) in [6.45, 7) is 1.59. The first-order valence-corrected chi connectivity index (χ1v) is 9.11. The summed E-state index contributed by atoms with van der Waals surface area (Å²) < 4.78 is 11.4. The van der Waals surface area contributed by atoms with Crippen LogP contribution in [0.15, 0.2) is 77.3 Å². The van der Waals surface area contributed by atoms with Crippen LogP contribution >= 0.6 is 15.9 Å². The Morgan fingerprint density at radius 1 is 0.815 bits per heavy atom. The van der Waals surface area contributed by atoms with Crippen molar-refractivity contribution in [2.45, 2.75) is 13.5 Å². The maximum atomic E-state index is 12.2. The summed E-state index contributed by atoms with van der Waals surface area (Å²) in [5, 5.41) is 0. The highest BCUT2D eigenvalue weighted by atomic mass is 79.9. The standard InChI is InChI=1S/C22H17BrO4/c1-15(24)27-21-12-8-18(9-13-21)17-4-6-19(7-5-17)22(25)26-14-16-2-10-20(23)11-3-16/h2-13H,14H2,1H3. The Bertz CT molecular complexity index is 930. The monoisotopic (exact) mass is 424 g/mol. The zero-order valence-corrected chi connectivity index (χ0v) is 16.2. The van der Waals surface area contributed by atoms with Gasteiger partial charge in [0, 0.05) is 11.4 Å². The van der Waals surface area contributed by atoms with Gasteiger partial charge in [0.05, 0.1) is 5.56 Å². The fraction of sp³-hybridized carbons (Fsp3) is 0.0909. The summed E-state index contributed by atoms with van der Waals surface area (Å²) in [5.41, 5.74) is 3.33. The third-order valence-corrected chi connectivity index (χ3v) is 4.38. The van der Waals surface area contributed by atoms with Crippen LogP contribution in [0.25, 0.3) is 11.1 Å². The Hall–Kier alpha value is -2.92. The molecule has 0 saturated carbocycles. The molecule has 4 nitrogen and oxygen atoms in total. The van der Waals surface area contributed by atoms with Gasteiger partial charge in [0.25, 0.3) is 0 Å². The van der Waals surface area contributed by atoms with E-state index in [0.29, 0.717) is 11.3 Å². The number of halogens is 1. The van der Waals surface area contributed by atoms with E-state index in [4.69, 9.17) is 9.47 Å². The van der Waals surface area contributed by atoms with E-state index in [-0.39, 0.29) is 18.5 Å². The van der Waals surface area contributed by atoms with Crippen molar-refractivity contribution in [2.24, 2.45) is 0 Å². The molecule has 27 heavy (non-hydrogen) atoms. The molecule has 0 fully saturated rings. The van der Waals surface area contributed by atoms with Gasteiger partial charge in [-0.2, -0.15) is 0 Å². The van der Waals surface area contributed by atoms with Crippen molar-refractivity contribution in [3.63, 3.8) is 0 Å². The Kier molecular flexibility index (Phi) is 6.04. The second-order valence-corrected chi connectivity index (χ2v) is 6.81. The van der Waals surface area contributed by atoms with E-state index in [9.17, 15) is 9.59 Å². The molecule has 0 aliphatic rings. The van der Waals surface area contributed by atoms with Gasteiger partial charge < -0.3 is 9.47 Å². The smallest absolute Gasteiger partial charge is 0.338 e. The molecular weight excluding hydrogens is 408 g/mol. The minimum Gasteiger partial charge on any atom is -0.457 e. The molecule has 0 atom stereocenters. The lowest BCUT2D eigenvalue weighted by Gasteiger charge is -2.07. The summed E-state index contributed by atoms with van der Waals surface area (Å²) in [7, 11) is 0. The number of benzene rings is 3. The Labute approximate surface area is 165 Å². The highest BCUT2D eigenvalue weighted by Crippen LogP contribution is 2.23. The minimum atomic E-state index is -0.366. The van der Waals surface area contributed by atoms with E-state index in [1.807, 2.05) is 48.5 Å². The van der Waals surface area contributed by atoms with E-state index in [2.05, 4.69) is 15.9 Å².